The zero-order chi connectivity index (χ0) is 12.3. The highest BCUT2D eigenvalue weighted by Gasteiger charge is 2.09. The number of carbonyl (C=O) groups excluding carboxylic acids is 1. The molecule has 0 saturated heterocycles. The maximum Gasteiger partial charge on any atom is 0.144 e. The standard InChI is InChI=1S/C13H12BrNOS/c1-9-8-17-13(15-9)7-11(16)6-10-4-2-3-5-12(10)14/h2-5,8H,6-7H2,1H3. The molecule has 88 valence electrons. The normalized spacial score (nSPS) is 10.5. The molecule has 0 aliphatic carbocycles. The summed E-state index contributed by atoms with van der Waals surface area (Å²) in [6.07, 6.45) is 0.889. The summed E-state index contributed by atoms with van der Waals surface area (Å²) in [5, 5.41) is 2.88. The molecule has 0 radical (unpaired) electrons. The molecule has 2 rings (SSSR count). The van der Waals surface area contributed by atoms with Crippen molar-refractivity contribution >= 4 is 33.0 Å². The number of nitrogens with zero attached hydrogens (tertiary/aromatic N) is 1. The first-order chi connectivity index (χ1) is 8.15. The van der Waals surface area contributed by atoms with Gasteiger partial charge in [0.25, 0.3) is 0 Å². The van der Waals surface area contributed by atoms with E-state index in [1.54, 1.807) is 11.3 Å². The van der Waals surface area contributed by atoms with Crippen LogP contribution in [0.15, 0.2) is 34.1 Å². The molecule has 1 aromatic heterocycles. The van der Waals surface area contributed by atoms with Crippen molar-refractivity contribution in [3.63, 3.8) is 0 Å². The first-order valence-electron chi connectivity index (χ1n) is 5.31. The lowest BCUT2D eigenvalue weighted by molar-refractivity contribution is -0.117. The third kappa shape index (κ3) is 3.48. The number of hydrogen-bond donors (Lipinski definition) is 0. The molecule has 0 unspecified atom stereocenters. The molecule has 2 nitrogen and oxygen atoms in total. The third-order valence-corrected chi connectivity index (χ3v) is 4.10. The second-order valence-corrected chi connectivity index (χ2v) is 5.66. The van der Waals surface area contributed by atoms with E-state index < -0.39 is 0 Å². The van der Waals surface area contributed by atoms with Gasteiger partial charge in [-0.05, 0) is 18.6 Å². The zero-order valence-corrected chi connectivity index (χ0v) is 11.8. The van der Waals surface area contributed by atoms with Gasteiger partial charge in [-0.25, -0.2) is 4.98 Å². The van der Waals surface area contributed by atoms with Gasteiger partial charge in [-0.15, -0.1) is 11.3 Å². The minimum absolute atomic E-state index is 0.200. The summed E-state index contributed by atoms with van der Waals surface area (Å²) in [4.78, 5) is 16.2. The molecule has 0 aliphatic heterocycles. The first kappa shape index (κ1) is 12.5. The number of rotatable bonds is 4. The molecule has 0 bridgehead atoms. The Labute approximate surface area is 113 Å². The van der Waals surface area contributed by atoms with E-state index in [-0.39, 0.29) is 5.78 Å². The minimum atomic E-state index is 0.200. The van der Waals surface area contributed by atoms with E-state index in [0.29, 0.717) is 12.8 Å². The van der Waals surface area contributed by atoms with E-state index in [4.69, 9.17) is 0 Å². The molecule has 0 fully saturated rings. The monoisotopic (exact) mass is 309 g/mol. The summed E-state index contributed by atoms with van der Waals surface area (Å²) in [5.41, 5.74) is 2.02. The van der Waals surface area contributed by atoms with Crippen LogP contribution in [0.5, 0.6) is 0 Å². The summed E-state index contributed by atoms with van der Waals surface area (Å²) < 4.78 is 0.990. The van der Waals surface area contributed by atoms with Crippen molar-refractivity contribution in [2.24, 2.45) is 0 Å². The summed E-state index contributed by atoms with van der Waals surface area (Å²) in [6.45, 7) is 1.94. The molecule has 0 atom stereocenters. The summed E-state index contributed by atoms with van der Waals surface area (Å²) >= 11 is 5.00. The van der Waals surface area contributed by atoms with Gasteiger partial charge in [0.15, 0.2) is 0 Å². The Kier molecular flexibility index (Phi) is 4.07. The quantitative estimate of drug-likeness (QED) is 0.864. The molecule has 0 aliphatic rings. The maximum absolute atomic E-state index is 11.9. The van der Waals surface area contributed by atoms with E-state index in [1.165, 1.54) is 0 Å². The second kappa shape index (κ2) is 5.56. The Morgan fingerprint density at radius 1 is 1.35 bits per heavy atom. The third-order valence-electron chi connectivity index (χ3n) is 2.36. The lowest BCUT2D eigenvalue weighted by Crippen LogP contribution is -2.06. The van der Waals surface area contributed by atoms with E-state index in [2.05, 4.69) is 20.9 Å². The number of aromatic nitrogens is 1. The number of benzene rings is 1. The molecule has 4 heteroatoms. The van der Waals surface area contributed by atoms with Crippen LogP contribution >= 0.6 is 27.3 Å². The average Bonchev–Trinajstić information content (AvgIpc) is 2.67. The van der Waals surface area contributed by atoms with E-state index in [9.17, 15) is 4.79 Å². The van der Waals surface area contributed by atoms with Gasteiger partial charge in [-0.1, -0.05) is 34.1 Å². The molecule has 0 N–H and O–H groups in total. The molecule has 2 aromatic rings. The highest BCUT2D eigenvalue weighted by atomic mass is 79.9. The average molecular weight is 310 g/mol. The van der Waals surface area contributed by atoms with Crippen molar-refractivity contribution in [1.29, 1.82) is 0 Å². The number of thiazole rings is 1. The van der Waals surface area contributed by atoms with Crippen LogP contribution in [0.4, 0.5) is 0 Å². The highest BCUT2D eigenvalue weighted by molar-refractivity contribution is 9.10. The van der Waals surface area contributed by atoms with Gasteiger partial charge in [-0.2, -0.15) is 0 Å². The number of aryl methyl sites for hydroxylation is 1. The van der Waals surface area contributed by atoms with Crippen molar-refractivity contribution in [2.75, 3.05) is 0 Å². The second-order valence-electron chi connectivity index (χ2n) is 3.87. The van der Waals surface area contributed by atoms with Crippen LogP contribution in [0.1, 0.15) is 16.3 Å². The Morgan fingerprint density at radius 2 is 2.12 bits per heavy atom. The fourth-order valence-corrected chi connectivity index (χ4v) is 2.79. The smallest absolute Gasteiger partial charge is 0.144 e. The molecule has 0 amide bonds. The molecule has 0 spiro atoms. The van der Waals surface area contributed by atoms with Crippen LogP contribution < -0.4 is 0 Å². The van der Waals surface area contributed by atoms with Crippen molar-refractivity contribution in [3.05, 3.63) is 50.4 Å². The number of halogens is 1. The highest BCUT2D eigenvalue weighted by Crippen LogP contribution is 2.18. The Morgan fingerprint density at radius 3 is 2.76 bits per heavy atom. The predicted molar refractivity (Wildman–Crippen MR) is 73.4 cm³/mol. The Balaban J connectivity index is 2.01. The fraction of sp³-hybridized carbons (Fsp3) is 0.231. The van der Waals surface area contributed by atoms with Gasteiger partial charge in [0, 0.05) is 22.0 Å². The minimum Gasteiger partial charge on any atom is -0.299 e. The fourth-order valence-electron chi connectivity index (χ4n) is 1.57. The molecule has 1 aromatic carbocycles. The molecular weight excluding hydrogens is 298 g/mol. The Hall–Kier alpha value is -1.000. The van der Waals surface area contributed by atoms with Crippen LogP contribution in [0.3, 0.4) is 0 Å². The van der Waals surface area contributed by atoms with Crippen molar-refractivity contribution in [3.8, 4) is 0 Å². The van der Waals surface area contributed by atoms with Crippen LogP contribution in [-0.2, 0) is 17.6 Å². The SMILES string of the molecule is Cc1csc(CC(=O)Cc2ccccc2Br)n1. The lowest BCUT2D eigenvalue weighted by atomic mass is 10.1. The number of Topliss-reactive ketones (excluding diaryl/α,β-unsaturated/α-hetero) is 1. The first-order valence-corrected chi connectivity index (χ1v) is 6.98. The zero-order valence-electron chi connectivity index (χ0n) is 9.44. The molecular formula is C13H12BrNOS. The van der Waals surface area contributed by atoms with E-state index in [0.717, 1.165) is 20.7 Å². The molecule has 1 heterocycles. The van der Waals surface area contributed by atoms with E-state index in [1.807, 2.05) is 36.6 Å². The number of ketones is 1. The van der Waals surface area contributed by atoms with Crippen LogP contribution in [-0.4, -0.2) is 10.8 Å². The number of hydrogen-bond acceptors (Lipinski definition) is 3. The van der Waals surface area contributed by atoms with Crippen molar-refractivity contribution in [1.82, 2.24) is 4.98 Å². The Bertz CT molecular complexity index is 536. The largest absolute Gasteiger partial charge is 0.299 e. The van der Waals surface area contributed by atoms with Crippen LogP contribution in [0.25, 0.3) is 0 Å². The van der Waals surface area contributed by atoms with Crippen molar-refractivity contribution in [2.45, 2.75) is 19.8 Å². The topological polar surface area (TPSA) is 30.0 Å². The van der Waals surface area contributed by atoms with Gasteiger partial charge < -0.3 is 0 Å². The predicted octanol–water partition coefficient (Wildman–Crippen LogP) is 3.57. The number of carbonyl (C=O) groups is 1. The summed E-state index contributed by atoms with van der Waals surface area (Å²) in [5.74, 6) is 0.200. The maximum atomic E-state index is 11.9. The van der Waals surface area contributed by atoms with Gasteiger partial charge >= 0.3 is 0 Å². The van der Waals surface area contributed by atoms with Crippen LogP contribution in [0, 0.1) is 6.92 Å². The molecule has 0 saturated carbocycles. The summed E-state index contributed by atoms with van der Waals surface area (Å²) in [7, 11) is 0. The van der Waals surface area contributed by atoms with Crippen molar-refractivity contribution < 1.29 is 4.79 Å². The van der Waals surface area contributed by atoms with Gasteiger partial charge in [0.05, 0.1) is 6.42 Å². The summed E-state index contributed by atoms with van der Waals surface area (Å²) in [6, 6.07) is 7.81. The lowest BCUT2D eigenvalue weighted by Gasteiger charge is -2.02. The molecule has 17 heavy (non-hydrogen) atoms. The van der Waals surface area contributed by atoms with Gasteiger partial charge in [0.1, 0.15) is 10.8 Å². The van der Waals surface area contributed by atoms with Gasteiger partial charge in [-0.3, -0.25) is 4.79 Å². The van der Waals surface area contributed by atoms with Gasteiger partial charge in [0.2, 0.25) is 0 Å². The van der Waals surface area contributed by atoms with Crippen LogP contribution in [0.2, 0.25) is 0 Å². The van der Waals surface area contributed by atoms with E-state index >= 15 is 0 Å².